The van der Waals surface area contributed by atoms with Crippen LogP contribution in [-0.2, 0) is 4.79 Å². The van der Waals surface area contributed by atoms with E-state index >= 15 is 0 Å². The first-order valence-corrected chi connectivity index (χ1v) is 6.61. The monoisotopic (exact) mass is 297 g/mol. The van der Waals surface area contributed by atoms with Gasteiger partial charge in [0.05, 0.1) is 0 Å². The molecule has 0 saturated heterocycles. The van der Waals surface area contributed by atoms with Gasteiger partial charge in [-0.1, -0.05) is 22.0 Å². The number of carbonyl (C=O) groups excluding carboxylic acids is 1. The zero-order valence-corrected chi connectivity index (χ0v) is 11.4. The van der Waals surface area contributed by atoms with E-state index < -0.39 is 5.60 Å². The van der Waals surface area contributed by atoms with Crippen LogP contribution in [0.4, 0.5) is 5.69 Å². The molecule has 3 nitrogen and oxygen atoms in total. The number of hydrogen-bond acceptors (Lipinski definition) is 2. The molecule has 0 atom stereocenters. The molecule has 0 unspecified atom stereocenters. The van der Waals surface area contributed by atoms with Gasteiger partial charge >= 0.3 is 0 Å². The van der Waals surface area contributed by atoms with E-state index in [2.05, 4.69) is 21.2 Å². The molecular weight excluding hydrogens is 282 g/mol. The van der Waals surface area contributed by atoms with Gasteiger partial charge in [0.25, 0.3) is 5.91 Å². The number of amides is 1. The molecule has 1 fully saturated rings. The second-order valence-corrected chi connectivity index (χ2v) is 5.46. The van der Waals surface area contributed by atoms with Crippen molar-refractivity contribution in [3.05, 3.63) is 28.2 Å². The maximum absolute atomic E-state index is 12.0. The molecule has 1 aromatic rings. The lowest BCUT2D eigenvalue weighted by Gasteiger charge is -2.21. The van der Waals surface area contributed by atoms with Crippen LogP contribution in [0.5, 0.6) is 0 Å². The van der Waals surface area contributed by atoms with Gasteiger partial charge in [0.15, 0.2) is 0 Å². The summed E-state index contributed by atoms with van der Waals surface area (Å²) in [5.41, 5.74) is 0.557. The van der Waals surface area contributed by atoms with Gasteiger partial charge in [0.2, 0.25) is 0 Å². The Morgan fingerprint density at radius 1 is 1.41 bits per heavy atom. The lowest BCUT2D eigenvalue weighted by molar-refractivity contribution is -0.133. The van der Waals surface area contributed by atoms with Gasteiger partial charge in [0.1, 0.15) is 5.60 Å². The summed E-state index contributed by atoms with van der Waals surface area (Å²) in [5.74, 6) is -0.281. The van der Waals surface area contributed by atoms with Crippen LogP contribution in [0, 0.1) is 6.92 Å². The Hall–Kier alpha value is -0.870. The molecular formula is C13H16BrNO2. The van der Waals surface area contributed by atoms with Crippen molar-refractivity contribution in [3.63, 3.8) is 0 Å². The first kappa shape index (κ1) is 12.6. The van der Waals surface area contributed by atoms with Crippen LogP contribution < -0.4 is 5.32 Å². The quantitative estimate of drug-likeness (QED) is 0.882. The standard InChI is InChI=1S/C13H16BrNO2/c1-9-10(14)5-4-6-11(9)15-12(16)13(17)7-2-3-8-13/h4-6,17H,2-3,7-8H2,1H3,(H,15,16). The van der Waals surface area contributed by atoms with E-state index in [1.807, 2.05) is 25.1 Å². The largest absolute Gasteiger partial charge is 0.380 e. The van der Waals surface area contributed by atoms with Gasteiger partial charge < -0.3 is 10.4 Å². The Balaban J connectivity index is 2.16. The van der Waals surface area contributed by atoms with Crippen LogP contribution in [0.2, 0.25) is 0 Å². The average Bonchev–Trinajstić information content (AvgIpc) is 2.73. The van der Waals surface area contributed by atoms with Crippen molar-refractivity contribution in [3.8, 4) is 0 Å². The third kappa shape index (κ3) is 2.53. The summed E-state index contributed by atoms with van der Waals surface area (Å²) in [7, 11) is 0. The number of aliphatic hydroxyl groups is 1. The van der Waals surface area contributed by atoms with E-state index in [-0.39, 0.29) is 5.91 Å². The average molecular weight is 298 g/mol. The minimum atomic E-state index is -1.17. The van der Waals surface area contributed by atoms with Gasteiger partial charge in [0, 0.05) is 10.2 Å². The number of halogens is 1. The Morgan fingerprint density at radius 2 is 2.06 bits per heavy atom. The molecule has 1 aliphatic carbocycles. The van der Waals surface area contributed by atoms with Crippen LogP contribution >= 0.6 is 15.9 Å². The van der Waals surface area contributed by atoms with Gasteiger partial charge in [-0.05, 0) is 50.3 Å². The molecule has 92 valence electrons. The van der Waals surface area contributed by atoms with Crippen LogP contribution in [0.3, 0.4) is 0 Å². The van der Waals surface area contributed by atoms with Crippen molar-refractivity contribution in [2.45, 2.75) is 38.2 Å². The fourth-order valence-corrected chi connectivity index (χ4v) is 2.53. The fraction of sp³-hybridized carbons (Fsp3) is 0.462. The minimum Gasteiger partial charge on any atom is -0.380 e. The number of carbonyl (C=O) groups is 1. The number of nitrogens with one attached hydrogen (secondary N) is 1. The minimum absolute atomic E-state index is 0.281. The Bertz CT molecular complexity index is 439. The number of hydrogen-bond donors (Lipinski definition) is 2. The number of anilines is 1. The summed E-state index contributed by atoms with van der Waals surface area (Å²) in [5, 5.41) is 13.0. The molecule has 0 bridgehead atoms. The van der Waals surface area contributed by atoms with Crippen LogP contribution in [0.15, 0.2) is 22.7 Å². The highest BCUT2D eigenvalue weighted by atomic mass is 79.9. The summed E-state index contributed by atoms with van der Waals surface area (Å²) in [6, 6.07) is 5.64. The zero-order chi connectivity index (χ0) is 12.5. The first-order valence-electron chi connectivity index (χ1n) is 5.82. The van der Waals surface area contributed by atoms with E-state index in [9.17, 15) is 9.90 Å². The SMILES string of the molecule is Cc1c(Br)cccc1NC(=O)C1(O)CCCC1. The third-order valence-electron chi connectivity index (χ3n) is 3.37. The van der Waals surface area contributed by atoms with Crippen molar-refractivity contribution in [1.29, 1.82) is 0 Å². The third-order valence-corrected chi connectivity index (χ3v) is 4.23. The van der Waals surface area contributed by atoms with Crippen LogP contribution in [0.25, 0.3) is 0 Å². The van der Waals surface area contributed by atoms with E-state index in [4.69, 9.17) is 0 Å². The molecule has 0 aromatic heterocycles. The molecule has 1 saturated carbocycles. The summed E-state index contributed by atoms with van der Waals surface area (Å²) in [4.78, 5) is 12.0. The second kappa shape index (κ2) is 4.78. The molecule has 2 rings (SSSR count). The van der Waals surface area contributed by atoms with E-state index in [1.165, 1.54) is 0 Å². The summed E-state index contributed by atoms with van der Waals surface area (Å²) < 4.78 is 0.953. The van der Waals surface area contributed by atoms with Gasteiger partial charge in [-0.3, -0.25) is 4.79 Å². The molecule has 2 N–H and O–H groups in total. The molecule has 17 heavy (non-hydrogen) atoms. The predicted molar refractivity (Wildman–Crippen MR) is 70.9 cm³/mol. The van der Waals surface area contributed by atoms with Gasteiger partial charge in [-0.25, -0.2) is 0 Å². The lowest BCUT2D eigenvalue weighted by Crippen LogP contribution is -2.40. The summed E-state index contributed by atoms with van der Waals surface area (Å²) >= 11 is 3.42. The first-order chi connectivity index (χ1) is 8.03. The maximum Gasteiger partial charge on any atom is 0.256 e. The molecule has 1 amide bonds. The van der Waals surface area contributed by atoms with Crippen LogP contribution in [0.1, 0.15) is 31.2 Å². The Labute approximate surface area is 109 Å². The number of benzene rings is 1. The molecule has 4 heteroatoms. The van der Waals surface area contributed by atoms with E-state index in [0.29, 0.717) is 12.8 Å². The predicted octanol–water partition coefficient (Wildman–Crippen LogP) is 3.00. The highest BCUT2D eigenvalue weighted by molar-refractivity contribution is 9.10. The summed E-state index contributed by atoms with van der Waals surface area (Å²) in [6.07, 6.45) is 2.96. The smallest absolute Gasteiger partial charge is 0.256 e. The maximum atomic E-state index is 12.0. The topological polar surface area (TPSA) is 49.3 Å². The van der Waals surface area contributed by atoms with E-state index in [0.717, 1.165) is 28.6 Å². The van der Waals surface area contributed by atoms with Gasteiger partial charge in [-0.15, -0.1) is 0 Å². The van der Waals surface area contributed by atoms with Crippen molar-refractivity contribution >= 4 is 27.5 Å². The molecule has 0 aliphatic heterocycles. The van der Waals surface area contributed by atoms with Crippen molar-refractivity contribution < 1.29 is 9.90 Å². The molecule has 0 spiro atoms. The number of rotatable bonds is 2. The zero-order valence-electron chi connectivity index (χ0n) is 9.79. The molecule has 0 radical (unpaired) electrons. The Morgan fingerprint density at radius 3 is 2.71 bits per heavy atom. The fourth-order valence-electron chi connectivity index (χ4n) is 2.17. The molecule has 0 heterocycles. The molecule has 1 aliphatic rings. The highest BCUT2D eigenvalue weighted by Gasteiger charge is 2.38. The highest BCUT2D eigenvalue weighted by Crippen LogP contribution is 2.31. The van der Waals surface area contributed by atoms with Crippen molar-refractivity contribution in [1.82, 2.24) is 0 Å². The van der Waals surface area contributed by atoms with Crippen molar-refractivity contribution in [2.75, 3.05) is 5.32 Å². The normalized spacial score (nSPS) is 18.1. The van der Waals surface area contributed by atoms with Crippen LogP contribution in [-0.4, -0.2) is 16.6 Å². The Kier molecular flexibility index (Phi) is 3.54. The summed E-state index contributed by atoms with van der Waals surface area (Å²) in [6.45, 7) is 1.93. The lowest BCUT2D eigenvalue weighted by atomic mass is 10.0. The van der Waals surface area contributed by atoms with Gasteiger partial charge in [-0.2, -0.15) is 0 Å². The van der Waals surface area contributed by atoms with Crippen molar-refractivity contribution in [2.24, 2.45) is 0 Å². The van der Waals surface area contributed by atoms with E-state index in [1.54, 1.807) is 0 Å². The second-order valence-electron chi connectivity index (χ2n) is 4.61. The molecule has 1 aromatic carbocycles.